The van der Waals surface area contributed by atoms with Crippen LogP contribution in [0.1, 0.15) is 60.3 Å². The first-order valence-corrected chi connectivity index (χ1v) is 10.9. The smallest absolute Gasteiger partial charge is 0.356 e. The van der Waals surface area contributed by atoms with Crippen molar-refractivity contribution in [3.8, 4) is 0 Å². The molecule has 0 amide bonds. The van der Waals surface area contributed by atoms with Gasteiger partial charge in [0, 0.05) is 50.4 Å². The number of nitrogens with zero attached hydrogens (tertiary/aromatic N) is 4. The molecular formula is C17H26N4O4S. The van der Waals surface area contributed by atoms with Crippen LogP contribution < -0.4 is 0 Å². The van der Waals surface area contributed by atoms with Gasteiger partial charge in [0.25, 0.3) is 10.2 Å². The van der Waals surface area contributed by atoms with E-state index in [9.17, 15) is 18.3 Å². The van der Waals surface area contributed by atoms with E-state index >= 15 is 0 Å². The maximum atomic E-state index is 13.1. The van der Waals surface area contributed by atoms with Crippen LogP contribution in [0.3, 0.4) is 0 Å². The first-order valence-electron chi connectivity index (χ1n) is 9.54. The number of aromatic nitrogens is 2. The number of carboxylic acid groups (broad SMARTS) is 1. The van der Waals surface area contributed by atoms with Crippen molar-refractivity contribution < 1.29 is 18.3 Å². The van der Waals surface area contributed by atoms with E-state index < -0.39 is 16.2 Å². The van der Waals surface area contributed by atoms with E-state index in [0.717, 1.165) is 50.8 Å². The Morgan fingerprint density at radius 3 is 2.38 bits per heavy atom. The summed E-state index contributed by atoms with van der Waals surface area (Å²) in [4.78, 5) is 11.6. The van der Waals surface area contributed by atoms with Crippen molar-refractivity contribution >= 4 is 16.2 Å². The molecule has 0 spiro atoms. The van der Waals surface area contributed by atoms with E-state index in [4.69, 9.17) is 0 Å². The zero-order valence-corrected chi connectivity index (χ0v) is 15.7. The monoisotopic (exact) mass is 382 g/mol. The highest BCUT2D eigenvalue weighted by Gasteiger charge is 2.37. The van der Waals surface area contributed by atoms with Crippen molar-refractivity contribution in [2.24, 2.45) is 5.92 Å². The van der Waals surface area contributed by atoms with Gasteiger partial charge in [0.2, 0.25) is 0 Å². The second-order valence-electron chi connectivity index (χ2n) is 7.61. The molecule has 0 radical (unpaired) electrons. The van der Waals surface area contributed by atoms with Crippen LogP contribution in [0.25, 0.3) is 0 Å². The molecule has 3 aliphatic rings. The van der Waals surface area contributed by atoms with Crippen molar-refractivity contribution in [3.05, 3.63) is 17.0 Å². The number of rotatable bonds is 5. The summed E-state index contributed by atoms with van der Waals surface area (Å²) in [5, 5.41) is 13.8. The number of hydrogen-bond acceptors (Lipinski definition) is 4. The fourth-order valence-corrected chi connectivity index (χ4v) is 5.63. The third-order valence-electron chi connectivity index (χ3n) is 5.65. The van der Waals surface area contributed by atoms with E-state index in [2.05, 4.69) is 5.10 Å². The van der Waals surface area contributed by atoms with Crippen LogP contribution in [0.5, 0.6) is 0 Å². The number of aromatic carboxylic acids is 1. The van der Waals surface area contributed by atoms with Gasteiger partial charge in [-0.2, -0.15) is 22.1 Å². The molecule has 1 saturated carbocycles. The zero-order valence-electron chi connectivity index (χ0n) is 14.9. The molecule has 1 aromatic rings. The molecule has 1 aliphatic carbocycles. The molecule has 1 N–H and O–H groups in total. The summed E-state index contributed by atoms with van der Waals surface area (Å²) in [6.45, 7) is 2.35. The fraction of sp³-hybridized carbons (Fsp3) is 0.765. The van der Waals surface area contributed by atoms with E-state index in [1.165, 1.54) is 4.31 Å². The second kappa shape index (κ2) is 6.94. The normalized spacial score (nSPS) is 22.8. The Balaban J connectivity index is 1.60. The highest BCUT2D eigenvalue weighted by Crippen LogP contribution is 2.33. The summed E-state index contributed by atoms with van der Waals surface area (Å²) in [5.41, 5.74) is 1.48. The molecule has 26 heavy (non-hydrogen) atoms. The maximum Gasteiger partial charge on any atom is 0.356 e. The van der Waals surface area contributed by atoms with E-state index in [0.29, 0.717) is 37.5 Å². The van der Waals surface area contributed by atoms with Gasteiger partial charge >= 0.3 is 5.97 Å². The molecule has 9 heteroatoms. The lowest BCUT2D eigenvalue weighted by Gasteiger charge is -2.32. The Morgan fingerprint density at radius 2 is 1.77 bits per heavy atom. The van der Waals surface area contributed by atoms with Gasteiger partial charge < -0.3 is 5.11 Å². The number of hydrogen-bond donors (Lipinski definition) is 1. The van der Waals surface area contributed by atoms with Crippen LogP contribution in [0.2, 0.25) is 0 Å². The molecule has 0 bridgehead atoms. The van der Waals surface area contributed by atoms with E-state index in [1.807, 2.05) is 4.68 Å². The predicted molar refractivity (Wildman–Crippen MR) is 95.0 cm³/mol. The Bertz CT molecular complexity index is 792. The van der Waals surface area contributed by atoms with Gasteiger partial charge in [0.05, 0.1) is 0 Å². The molecular weight excluding hydrogens is 356 g/mol. The molecule has 1 aromatic heterocycles. The lowest BCUT2D eigenvalue weighted by molar-refractivity contribution is 0.0687. The first-order chi connectivity index (χ1) is 12.5. The SMILES string of the molecule is O=C(O)c1nn(CC2CC2)c2c1CN(S(=O)(=O)N1CCCCCC1)CC2. The number of fused-ring (bicyclic) bond motifs is 1. The highest BCUT2D eigenvalue weighted by molar-refractivity contribution is 7.86. The molecule has 2 aliphatic heterocycles. The second-order valence-corrected chi connectivity index (χ2v) is 9.54. The molecule has 3 heterocycles. The largest absolute Gasteiger partial charge is 0.476 e. The summed E-state index contributed by atoms with van der Waals surface area (Å²) in [5.74, 6) is -0.496. The molecule has 0 unspecified atom stereocenters. The van der Waals surface area contributed by atoms with Gasteiger partial charge in [0.1, 0.15) is 0 Å². The first kappa shape index (κ1) is 17.9. The van der Waals surface area contributed by atoms with Gasteiger partial charge in [-0.15, -0.1) is 0 Å². The predicted octanol–water partition coefficient (Wildman–Crippen LogP) is 1.47. The molecule has 8 nitrogen and oxygen atoms in total. The third kappa shape index (κ3) is 3.39. The van der Waals surface area contributed by atoms with Crippen LogP contribution in [0.15, 0.2) is 0 Å². The summed E-state index contributed by atoms with van der Waals surface area (Å²) < 4.78 is 30.9. The summed E-state index contributed by atoms with van der Waals surface area (Å²) in [7, 11) is -3.56. The average Bonchev–Trinajstić information content (AvgIpc) is 3.39. The lowest BCUT2D eigenvalue weighted by atomic mass is 10.1. The highest BCUT2D eigenvalue weighted by atomic mass is 32.2. The topological polar surface area (TPSA) is 95.7 Å². The quantitative estimate of drug-likeness (QED) is 0.832. The van der Waals surface area contributed by atoms with Crippen LogP contribution in [0, 0.1) is 5.92 Å². The van der Waals surface area contributed by atoms with Crippen molar-refractivity contribution in [3.63, 3.8) is 0 Å². The van der Waals surface area contributed by atoms with Crippen LogP contribution in [-0.2, 0) is 29.7 Å². The van der Waals surface area contributed by atoms with Crippen LogP contribution in [-0.4, -0.2) is 57.5 Å². The summed E-state index contributed by atoms with van der Waals surface area (Å²) >= 11 is 0. The van der Waals surface area contributed by atoms with E-state index in [-0.39, 0.29) is 12.2 Å². The molecule has 1 saturated heterocycles. The van der Waals surface area contributed by atoms with Crippen LogP contribution in [0.4, 0.5) is 0 Å². The van der Waals surface area contributed by atoms with Crippen molar-refractivity contribution in [1.82, 2.24) is 18.4 Å². The van der Waals surface area contributed by atoms with Crippen LogP contribution >= 0.6 is 0 Å². The van der Waals surface area contributed by atoms with E-state index in [1.54, 1.807) is 4.31 Å². The van der Waals surface area contributed by atoms with Crippen molar-refractivity contribution in [2.45, 2.75) is 58.0 Å². The Hall–Kier alpha value is -1.45. The standard InChI is InChI=1S/C17H26N4O4S/c22-17(23)16-14-12-20(26(24,25)19-8-3-1-2-4-9-19)10-7-15(14)21(18-16)11-13-5-6-13/h13H,1-12H2,(H,22,23). The van der Waals surface area contributed by atoms with Gasteiger partial charge in [0.15, 0.2) is 5.69 Å². The Kier molecular flexibility index (Phi) is 4.79. The zero-order chi connectivity index (χ0) is 18.3. The minimum Gasteiger partial charge on any atom is -0.476 e. The number of carboxylic acids is 1. The third-order valence-corrected chi connectivity index (χ3v) is 7.63. The van der Waals surface area contributed by atoms with Gasteiger partial charge in [-0.1, -0.05) is 12.8 Å². The molecule has 4 rings (SSSR count). The van der Waals surface area contributed by atoms with Gasteiger partial charge in [-0.05, 0) is 31.6 Å². The minimum absolute atomic E-state index is 0.0106. The van der Waals surface area contributed by atoms with Gasteiger partial charge in [-0.25, -0.2) is 4.79 Å². The van der Waals surface area contributed by atoms with Gasteiger partial charge in [-0.3, -0.25) is 4.68 Å². The maximum absolute atomic E-state index is 13.1. The molecule has 144 valence electrons. The summed E-state index contributed by atoms with van der Waals surface area (Å²) in [6, 6.07) is 0. The molecule has 0 aromatic carbocycles. The Morgan fingerprint density at radius 1 is 1.08 bits per heavy atom. The lowest BCUT2D eigenvalue weighted by Crippen LogP contribution is -2.46. The fourth-order valence-electron chi connectivity index (χ4n) is 3.97. The average molecular weight is 382 g/mol. The molecule has 2 fully saturated rings. The van der Waals surface area contributed by atoms with Crippen molar-refractivity contribution in [2.75, 3.05) is 19.6 Å². The molecule has 0 atom stereocenters. The minimum atomic E-state index is -3.56. The number of carbonyl (C=O) groups is 1. The van der Waals surface area contributed by atoms with Crippen molar-refractivity contribution in [1.29, 1.82) is 0 Å². The Labute approximate surface area is 154 Å². The summed E-state index contributed by atoms with van der Waals surface area (Å²) in [6.07, 6.45) is 6.74.